The van der Waals surface area contributed by atoms with Gasteiger partial charge in [0.1, 0.15) is 17.2 Å². The average Bonchev–Trinajstić information content (AvgIpc) is 3.64. The van der Waals surface area contributed by atoms with Crippen molar-refractivity contribution in [1.82, 2.24) is 19.6 Å². The number of halogens is 1. The Morgan fingerprint density at radius 3 is 2.52 bits per heavy atom. The number of nitrogens with zero attached hydrogens (tertiary/aromatic N) is 5. The second kappa shape index (κ2) is 10.3. The molecule has 1 N–H and O–H groups in total. The first-order chi connectivity index (χ1) is 19.3. The van der Waals surface area contributed by atoms with E-state index in [9.17, 15) is 19.1 Å². The molecule has 1 fully saturated rings. The van der Waals surface area contributed by atoms with E-state index in [2.05, 4.69) is 15.2 Å². The lowest BCUT2D eigenvalue weighted by molar-refractivity contribution is -0.132. The van der Waals surface area contributed by atoms with Gasteiger partial charge in [0, 0.05) is 11.9 Å². The van der Waals surface area contributed by atoms with E-state index in [0.29, 0.717) is 32.6 Å². The third kappa shape index (κ3) is 4.37. The van der Waals surface area contributed by atoms with Crippen molar-refractivity contribution in [3.63, 3.8) is 0 Å². The van der Waals surface area contributed by atoms with Crippen molar-refractivity contribution in [3.05, 3.63) is 112 Å². The van der Waals surface area contributed by atoms with Crippen molar-refractivity contribution in [2.45, 2.75) is 30.0 Å². The van der Waals surface area contributed by atoms with Gasteiger partial charge in [-0.1, -0.05) is 77.7 Å². The van der Waals surface area contributed by atoms with E-state index in [1.54, 1.807) is 49.4 Å². The Morgan fingerprint density at radius 1 is 1.02 bits per heavy atom. The molecule has 0 saturated carbocycles. The topological polar surface area (TPSA) is 101 Å². The summed E-state index contributed by atoms with van der Waals surface area (Å²) in [6.45, 7) is 3.71. The highest BCUT2D eigenvalue weighted by Gasteiger charge is 2.48. The van der Waals surface area contributed by atoms with Crippen molar-refractivity contribution in [2.24, 2.45) is 0 Å². The van der Waals surface area contributed by atoms with Gasteiger partial charge < -0.3 is 9.51 Å². The minimum absolute atomic E-state index is 0.0730. The van der Waals surface area contributed by atoms with Gasteiger partial charge in [-0.15, -0.1) is 10.2 Å². The standard InChI is InChI=1S/C29H22FN5O3S2/c1-16-9-8-14-34-17(2)22(31-26(16)34)24(36)21-23(18-10-4-3-5-11-18)35(27(38)25(21)37)28-32-33-29(40-28)39-15-19-12-6-7-13-20(19)30/h3-14,23,36H,15H2,1-2H3. The largest absolute Gasteiger partial charge is 0.505 e. The molecule has 1 amide bonds. The first-order valence-electron chi connectivity index (χ1n) is 12.4. The number of aromatic nitrogens is 4. The molecule has 11 heteroatoms. The van der Waals surface area contributed by atoms with Crippen LogP contribution in [0.4, 0.5) is 9.52 Å². The molecule has 5 aromatic rings. The van der Waals surface area contributed by atoms with E-state index >= 15 is 0 Å². The molecular weight excluding hydrogens is 549 g/mol. The fraction of sp³-hybridized carbons (Fsp3) is 0.138. The molecule has 40 heavy (non-hydrogen) atoms. The lowest BCUT2D eigenvalue weighted by Gasteiger charge is -2.22. The van der Waals surface area contributed by atoms with Gasteiger partial charge in [0.2, 0.25) is 5.13 Å². The Hall–Kier alpha value is -4.35. The first kappa shape index (κ1) is 25.9. The number of pyridine rings is 1. The molecule has 6 rings (SSSR count). The second-order valence-corrected chi connectivity index (χ2v) is 11.4. The van der Waals surface area contributed by atoms with Gasteiger partial charge in [-0.3, -0.25) is 14.5 Å². The third-order valence-electron chi connectivity index (χ3n) is 6.78. The van der Waals surface area contributed by atoms with E-state index in [4.69, 9.17) is 0 Å². The number of carbonyl (C=O) groups is 2. The Balaban J connectivity index is 1.43. The molecule has 1 saturated heterocycles. The highest BCUT2D eigenvalue weighted by Crippen LogP contribution is 2.44. The van der Waals surface area contributed by atoms with Crippen LogP contribution in [0.2, 0.25) is 0 Å². The average molecular weight is 572 g/mol. The fourth-order valence-corrected chi connectivity index (χ4v) is 6.62. The smallest absolute Gasteiger partial charge is 0.301 e. The van der Waals surface area contributed by atoms with E-state index in [1.807, 2.05) is 35.7 Å². The Bertz CT molecular complexity index is 1820. The number of aryl methyl sites for hydroxylation is 2. The summed E-state index contributed by atoms with van der Waals surface area (Å²) in [6, 6.07) is 18.3. The number of carbonyl (C=O) groups excluding carboxylic acids is 2. The number of rotatable bonds is 6. The molecule has 3 aromatic heterocycles. The quantitative estimate of drug-likeness (QED) is 0.0896. The van der Waals surface area contributed by atoms with Crippen LogP contribution in [-0.2, 0) is 15.3 Å². The monoisotopic (exact) mass is 571 g/mol. The fourth-order valence-electron chi connectivity index (χ4n) is 4.77. The number of benzene rings is 2. The van der Waals surface area contributed by atoms with Crippen molar-refractivity contribution >= 4 is 51.3 Å². The number of imidazole rings is 1. The maximum Gasteiger partial charge on any atom is 0.301 e. The van der Waals surface area contributed by atoms with Gasteiger partial charge in [0.05, 0.1) is 17.3 Å². The number of Topliss-reactive ketones (excluding diaryl/α,β-unsaturated/α-hetero) is 1. The molecule has 1 aliphatic heterocycles. The van der Waals surface area contributed by atoms with Crippen LogP contribution in [0, 0.1) is 19.7 Å². The lowest BCUT2D eigenvalue weighted by atomic mass is 9.96. The van der Waals surface area contributed by atoms with Crippen LogP contribution in [0.25, 0.3) is 11.4 Å². The number of amides is 1. The summed E-state index contributed by atoms with van der Waals surface area (Å²) in [6.07, 6.45) is 1.83. The highest BCUT2D eigenvalue weighted by molar-refractivity contribution is 8.00. The van der Waals surface area contributed by atoms with Crippen LogP contribution in [0.3, 0.4) is 0 Å². The summed E-state index contributed by atoms with van der Waals surface area (Å²) in [5, 5.41) is 20.1. The number of aliphatic hydroxyl groups excluding tert-OH is 1. The molecule has 4 heterocycles. The summed E-state index contributed by atoms with van der Waals surface area (Å²) in [5.74, 6) is -2.00. The Kier molecular flexibility index (Phi) is 6.68. The number of ketones is 1. The molecular formula is C29H22FN5O3S2. The molecule has 0 bridgehead atoms. The predicted octanol–water partition coefficient (Wildman–Crippen LogP) is 5.86. The van der Waals surface area contributed by atoms with Crippen molar-refractivity contribution < 1.29 is 19.1 Å². The number of hydrogen-bond acceptors (Lipinski definition) is 8. The van der Waals surface area contributed by atoms with Gasteiger partial charge >= 0.3 is 5.91 Å². The number of thioether (sulfide) groups is 1. The minimum Gasteiger partial charge on any atom is -0.505 e. The number of fused-ring (bicyclic) bond motifs is 1. The lowest BCUT2D eigenvalue weighted by Crippen LogP contribution is -2.29. The minimum atomic E-state index is -0.941. The van der Waals surface area contributed by atoms with Crippen LogP contribution in [0.15, 0.2) is 82.8 Å². The normalized spacial score (nSPS) is 16.8. The van der Waals surface area contributed by atoms with Crippen molar-refractivity contribution in [1.29, 1.82) is 0 Å². The van der Waals surface area contributed by atoms with Crippen LogP contribution < -0.4 is 4.90 Å². The summed E-state index contributed by atoms with van der Waals surface area (Å²) >= 11 is 2.41. The first-order valence-corrected chi connectivity index (χ1v) is 14.2. The summed E-state index contributed by atoms with van der Waals surface area (Å²) < 4.78 is 16.4. The maximum absolute atomic E-state index is 14.1. The molecule has 8 nitrogen and oxygen atoms in total. The second-order valence-electron chi connectivity index (χ2n) is 9.24. The van der Waals surface area contributed by atoms with Gasteiger partial charge in [0.25, 0.3) is 5.78 Å². The zero-order chi connectivity index (χ0) is 28.0. The summed E-state index contributed by atoms with van der Waals surface area (Å²) in [4.78, 5) is 32.9. The molecule has 1 unspecified atom stereocenters. The van der Waals surface area contributed by atoms with E-state index < -0.39 is 17.7 Å². The number of anilines is 1. The van der Waals surface area contributed by atoms with Crippen LogP contribution >= 0.6 is 23.1 Å². The highest BCUT2D eigenvalue weighted by atomic mass is 32.2. The maximum atomic E-state index is 14.1. The Labute approximate surface area is 236 Å². The van der Waals surface area contributed by atoms with Crippen LogP contribution in [0.5, 0.6) is 0 Å². The zero-order valence-corrected chi connectivity index (χ0v) is 23.0. The molecule has 1 atom stereocenters. The summed E-state index contributed by atoms with van der Waals surface area (Å²) in [7, 11) is 0. The van der Waals surface area contributed by atoms with E-state index in [0.717, 1.165) is 16.9 Å². The molecule has 200 valence electrons. The SMILES string of the molecule is Cc1cccn2c(C)c(C(O)=C3C(=O)C(=O)N(c4nnc(SCc5ccccc5F)s4)C3c3ccccc3)nc12. The van der Waals surface area contributed by atoms with Gasteiger partial charge in [0.15, 0.2) is 10.1 Å². The third-order valence-corrected chi connectivity index (χ3v) is 8.88. The van der Waals surface area contributed by atoms with Gasteiger partial charge in [-0.25, -0.2) is 9.37 Å². The molecule has 1 aliphatic rings. The predicted molar refractivity (Wildman–Crippen MR) is 152 cm³/mol. The van der Waals surface area contributed by atoms with Crippen molar-refractivity contribution in [2.75, 3.05) is 4.90 Å². The molecule has 0 radical (unpaired) electrons. The Morgan fingerprint density at radius 2 is 1.77 bits per heavy atom. The van der Waals surface area contributed by atoms with E-state index in [1.165, 1.54) is 22.7 Å². The summed E-state index contributed by atoms with van der Waals surface area (Å²) in [5.41, 5.74) is 3.48. The van der Waals surface area contributed by atoms with Gasteiger partial charge in [-0.05, 0) is 42.7 Å². The van der Waals surface area contributed by atoms with Crippen LogP contribution in [0.1, 0.15) is 34.1 Å². The number of aliphatic hydroxyl groups is 1. The van der Waals surface area contributed by atoms with Crippen molar-refractivity contribution in [3.8, 4) is 0 Å². The molecule has 0 spiro atoms. The van der Waals surface area contributed by atoms with Gasteiger partial charge in [-0.2, -0.15) is 0 Å². The molecule has 2 aromatic carbocycles. The van der Waals surface area contributed by atoms with Crippen LogP contribution in [-0.4, -0.2) is 36.4 Å². The molecule has 0 aliphatic carbocycles. The zero-order valence-electron chi connectivity index (χ0n) is 21.4. The van der Waals surface area contributed by atoms with E-state index in [-0.39, 0.29) is 28.0 Å². The number of hydrogen-bond donors (Lipinski definition) is 1.